The Balaban J connectivity index is 1.59. The lowest BCUT2D eigenvalue weighted by molar-refractivity contribution is 0.102. The van der Waals surface area contributed by atoms with Crippen LogP contribution in [0.1, 0.15) is 15.9 Å². The van der Waals surface area contributed by atoms with Gasteiger partial charge in [-0.15, -0.1) is 10.2 Å². The van der Waals surface area contributed by atoms with E-state index in [0.29, 0.717) is 10.2 Å². The minimum absolute atomic E-state index is 0.237. The molecule has 0 aliphatic heterocycles. The number of benzene rings is 2. The second kappa shape index (κ2) is 7.74. The Morgan fingerprint density at radius 2 is 2.00 bits per heavy atom. The number of hydrogen-bond donors (Lipinski definition) is 1. The van der Waals surface area contributed by atoms with Crippen molar-refractivity contribution in [3.63, 3.8) is 0 Å². The molecule has 0 unspecified atom stereocenters. The van der Waals surface area contributed by atoms with Crippen molar-refractivity contribution in [1.29, 1.82) is 0 Å². The maximum Gasteiger partial charge on any atom is 0.257 e. The first-order chi connectivity index (χ1) is 11.6. The highest BCUT2D eigenvalue weighted by atomic mass is 35.5. The summed E-state index contributed by atoms with van der Waals surface area (Å²) in [7, 11) is 0. The molecule has 1 N–H and O–H groups in total. The van der Waals surface area contributed by atoms with Gasteiger partial charge >= 0.3 is 0 Å². The molecule has 0 bridgehead atoms. The van der Waals surface area contributed by atoms with Gasteiger partial charge in [0.1, 0.15) is 5.82 Å². The Hall–Kier alpha value is -1.96. The number of carbonyl (C=O) groups excluding carboxylic acids is 1. The van der Waals surface area contributed by atoms with Gasteiger partial charge in [0.15, 0.2) is 4.34 Å². The van der Waals surface area contributed by atoms with Gasteiger partial charge in [-0.1, -0.05) is 52.9 Å². The van der Waals surface area contributed by atoms with Crippen LogP contribution in [0.3, 0.4) is 0 Å². The molecule has 0 saturated heterocycles. The third-order valence-electron chi connectivity index (χ3n) is 2.99. The first kappa shape index (κ1) is 16.9. The van der Waals surface area contributed by atoms with Crippen molar-refractivity contribution in [3.8, 4) is 0 Å². The standard InChI is InChI=1S/C16H11ClFN3OS2/c17-12-6-4-10(5-7-12)9-23-16-21-20-15(24-16)19-14(22)11-2-1-3-13(18)8-11/h1-8H,9H2,(H,19,20,22). The van der Waals surface area contributed by atoms with Crippen molar-refractivity contribution in [2.75, 3.05) is 5.32 Å². The lowest BCUT2D eigenvalue weighted by atomic mass is 10.2. The Kier molecular flexibility index (Phi) is 5.44. The molecule has 0 spiro atoms. The highest BCUT2D eigenvalue weighted by Gasteiger charge is 2.11. The van der Waals surface area contributed by atoms with E-state index in [0.717, 1.165) is 15.7 Å². The zero-order chi connectivity index (χ0) is 16.9. The zero-order valence-electron chi connectivity index (χ0n) is 12.2. The number of thioether (sulfide) groups is 1. The van der Waals surface area contributed by atoms with Gasteiger partial charge in [0.2, 0.25) is 5.13 Å². The lowest BCUT2D eigenvalue weighted by Crippen LogP contribution is -2.11. The van der Waals surface area contributed by atoms with Gasteiger partial charge in [-0.2, -0.15) is 0 Å². The molecule has 0 radical (unpaired) electrons. The van der Waals surface area contributed by atoms with Gasteiger partial charge in [-0.3, -0.25) is 10.1 Å². The quantitative estimate of drug-likeness (QED) is 0.507. The molecular weight excluding hydrogens is 369 g/mol. The van der Waals surface area contributed by atoms with Gasteiger partial charge in [0.05, 0.1) is 0 Å². The summed E-state index contributed by atoms with van der Waals surface area (Å²) in [5, 5.41) is 11.7. The highest BCUT2D eigenvalue weighted by molar-refractivity contribution is 8.00. The number of halogens is 2. The molecule has 0 fully saturated rings. The summed E-state index contributed by atoms with van der Waals surface area (Å²) in [5.74, 6) is -0.150. The van der Waals surface area contributed by atoms with Crippen molar-refractivity contribution in [2.45, 2.75) is 10.1 Å². The third-order valence-corrected chi connectivity index (χ3v) is 5.28. The molecule has 122 valence electrons. The van der Waals surface area contributed by atoms with Crippen molar-refractivity contribution < 1.29 is 9.18 Å². The van der Waals surface area contributed by atoms with Crippen LogP contribution in [0.5, 0.6) is 0 Å². The molecule has 4 nitrogen and oxygen atoms in total. The zero-order valence-corrected chi connectivity index (χ0v) is 14.6. The maximum absolute atomic E-state index is 13.1. The minimum Gasteiger partial charge on any atom is -0.296 e. The fourth-order valence-electron chi connectivity index (χ4n) is 1.84. The van der Waals surface area contributed by atoms with Crippen LogP contribution in [-0.2, 0) is 5.75 Å². The predicted octanol–water partition coefficient (Wildman–Crippen LogP) is 4.88. The van der Waals surface area contributed by atoms with Crippen LogP contribution < -0.4 is 5.32 Å². The van der Waals surface area contributed by atoms with E-state index in [-0.39, 0.29) is 5.56 Å². The number of hydrogen-bond acceptors (Lipinski definition) is 5. The van der Waals surface area contributed by atoms with Gasteiger partial charge in [0.25, 0.3) is 5.91 Å². The average Bonchev–Trinajstić information content (AvgIpc) is 3.02. The topological polar surface area (TPSA) is 54.9 Å². The molecule has 0 aliphatic rings. The second-order valence-corrected chi connectivity index (χ2v) is 7.39. The van der Waals surface area contributed by atoms with Crippen LogP contribution >= 0.6 is 34.7 Å². The van der Waals surface area contributed by atoms with E-state index in [1.54, 1.807) is 0 Å². The minimum atomic E-state index is -0.459. The maximum atomic E-state index is 13.1. The van der Waals surface area contributed by atoms with Gasteiger partial charge in [-0.05, 0) is 35.9 Å². The number of anilines is 1. The van der Waals surface area contributed by atoms with E-state index >= 15 is 0 Å². The number of aromatic nitrogens is 2. The summed E-state index contributed by atoms with van der Waals surface area (Å²) in [6.07, 6.45) is 0. The molecule has 2 aromatic carbocycles. The second-order valence-electron chi connectivity index (χ2n) is 4.75. The van der Waals surface area contributed by atoms with Crippen molar-refractivity contribution in [1.82, 2.24) is 10.2 Å². The van der Waals surface area contributed by atoms with E-state index in [1.807, 2.05) is 24.3 Å². The summed E-state index contributed by atoms with van der Waals surface area (Å²) in [4.78, 5) is 12.0. The molecule has 8 heteroatoms. The van der Waals surface area contributed by atoms with Crippen LogP contribution in [0.2, 0.25) is 5.02 Å². The number of nitrogens with one attached hydrogen (secondary N) is 1. The number of rotatable bonds is 5. The normalized spacial score (nSPS) is 10.6. The van der Waals surface area contributed by atoms with Crippen LogP contribution in [0.4, 0.5) is 9.52 Å². The highest BCUT2D eigenvalue weighted by Crippen LogP contribution is 2.28. The van der Waals surface area contributed by atoms with Gasteiger partial charge < -0.3 is 0 Å². The average molecular weight is 380 g/mol. The molecule has 0 aliphatic carbocycles. The Bertz CT molecular complexity index is 855. The Morgan fingerprint density at radius 1 is 1.21 bits per heavy atom. The predicted molar refractivity (Wildman–Crippen MR) is 95.3 cm³/mol. The molecule has 3 aromatic rings. The van der Waals surface area contributed by atoms with Crippen molar-refractivity contribution >= 4 is 45.7 Å². The van der Waals surface area contributed by atoms with E-state index in [4.69, 9.17) is 11.6 Å². The largest absolute Gasteiger partial charge is 0.296 e. The lowest BCUT2D eigenvalue weighted by Gasteiger charge is -2.00. The number of carbonyl (C=O) groups is 1. The number of amides is 1. The summed E-state index contributed by atoms with van der Waals surface area (Å²) >= 11 is 8.64. The number of nitrogens with zero attached hydrogens (tertiary/aromatic N) is 2. The smallest absolute Gasteiger partial charge is 0.257 e. The van der Waals surface area contributed by atoms with E-state index < -0.39 is 11.7 Å². The van der Waals surface area contributed by atoms with Crippen molar-refractivity contribution in [3.05, 3.63) is 70.5 Å². The van der Waals surface area contributed by atoms with Crippen LogP contribution in [0.15, 0.2) is 52.9 Å². The molecule has 1 aromatic heterocycles. The molecule has 3 rings (SSSR count). The summed E-state index contributed by atoms with van der Waals surface area (Å²) < 4.78 is 13.9. The monoisotopic (exact) mass is 379 g/mol. The summed E-state index contributed by atoms with van der Waals surface area (Å²) in [5.41, 5.74) is 1.35. The first-order valence-corrected chi connectivity index (χ1v) is 9.06. The van der Waals surface area contributed by atoms with E-state index in [2.05, 4.69) is 15.5 Å². The first-order valence-electron chi connectivity index (χ1n) is 6.88. The summed E-state index contributed by atoms with van der Waals surface area (Å²) in [6, 6.07) is 13.0. The Labute approximate surface area is 151 Å². The van der Waals surface area contributed by atoms with Crippen LogP contribution in [0, 0.1) is 5.82 Å². The SMILES string of the molecule is O=C(Nc1nnc(SCc2ccc(Cl)cc2)s1)c1cccc(F)c1. The fraction of sp³-hybridized carbons (Fsp3) is 0.0625. The molecule has 0 saturated carbocycles. The van der Waals surface area contributed by atoms with Gasteiger partial charge in [0, 0.05) is 16.3 Å². The van der Waals surface area contributed by atoms with Crippen LogP contribution in [0.25, 0.3) is 0 Å². The molecule has 1 amide bonds. The molecule has 24 heavy (non-hydrogen) atoms. The van der Waals surface area contributed by atoms with Crippen molar-refractivity contribution in [2.24, 2.45) is 0 Å². The third kappa shape index (κ3) is 4.53. The summed E-state index contributed by atoms with van der Waals surface area (Å²) in [6.45, 7) is 0. The molecule has 0 atom stereocenters. The molecule has 1 heterocycles. The van der Waals surface area contributed by atoms with E-state index in [1.165, 1.54) is 47.4 Å². The Morgan fingerprint density at radius 3 is 2.75 bits per heavy atom. The fourth-order valence-corrected chi connectivity index (χ4v) is 3.67. The molecular formula is C16H11ClFN3OS2. The van der Waals surface area contributed by atoms with E-state index in [9.17, 15) is 9.18 Å². The van der Waals surface area contributed by atoms with Crippen LogP contribution in [-0.4, -0.2) is 16.1 Å². The van der Waals surface area contributed by atoms with Gasteiger partial charge in [-0.25, -0.2) is 4.39 Å².